The van der Waals surface area contributed by atoms with E-state index in [1.54, 1.807) is 10.4 Å². The van der Waals surface area contributed by atoms with Crippen LogP contribution in [0.2, 0.25) is 0 Å². The molecule has 0 unspecified atom stereocenters. The lowest BCUT2D eigenvalue weighted by atomic mass is 10.0. The van der Waals surface area contributed by atoms with Crippen molar-refractivity contribution in [2.45, 2.75) is 77.0 Å². The van der Waals surface area contributed by atoms with Gasteiger partial charge in [-0.2, -0.15) is 0 Å². The van der Waals surface area contributed by atoms with Crippen LogP contribution in [0.5, 0.6) is 0 Å². The molecule has 1 heterocycles. The monoisotopic (exact) mass is 330 g/mol. The van der Waals surface area contributed by atoms with Crippen LogP contribution in [0, 0.1) is 0 Å². The van der Waals surface area contributed by atoms with Crippen molar-refractivity contribution in [2.75, 3.05) is 0 Å². The number of hydrogen-bond donors (Lipinski definition) is 0. The van der Waals surface area contributed by atoms with E-state index in [-0.39, 0.29) is 4.32 Å². The topological polar surface area (TPSA) is 0 Å². The van der Waals surface area contributed by atoms with E-state index in [0.29, 0.717) is 5.92 Å². The molecule has 0 N–H and O–H groups in total. The Bertz CT molecular complexity index is 358. The molecular formula is C16H27BrS. The molecule has 0 bridgehead atoms. The molecule has 1 aromatic rings. The van der Waals surface area contributed by atoms with E-state index in [2.05, 4.69) is 56.6 Å². The van der Waals surface area contributed by atoms with Crippen molar-refractivity contribution in [3.05, 3.63) is 21.4 Å². The smallest absolute Gasteiger partial charge is 0.0543 e. The van der Waals surface area contributed by atoms with E-state index in [4.69, 9.17) is 0 Å². The standard InChI is InChI=1S/C16H27BrS/c1-6-7-8-9-10-13-11-14(16(4,5)17)18-15(13)12(2)3/h11-12H,6-10H2,1-5H3. The zero-order valence-corrected chi connectivity index (χ0v) is 14.9. The molecule has 0 nitrogen and oxygen atoms in total. The molecule has 0 aliphatic rings. The summed E-state index contributed by atoms with van der Waals surface area (Å²) < 4.78 is 0.114. The van der Waals surface area contributed by atoms with E-state index in [9.17, 15) is 0 Å². The Morgan fingerprint density at radius 1 is 1.22 bits per heavy atom. The van der Waals surface area contributed by atoms with Gasteiger partial charge in [0.1, 0.15) is 0 Å². The molecule has 1 aromatic heterocycles. The number of unbranched alkanes of at least 4 members (excludes halogenated alkanes) is 3. The van der Waals surface area contributed by atoms with Gasteiger partial charge in [-0.1, -0.05) is 56.0 Å². The summed E-state index contributed by atoms with van der Waals surface area (Å²) >= 11 is 5.78. The second-order valence-electron chi connectivity index (χ2n) is 5.94. The van der Waals surface area contributed by atoms with Gasteiger partial charge in [0.05, 0.1) is 4.32 Å². The Hall–Kier alpha value is 0.180. The largest absolute Gasteiger partial charge is 0.143 e. The van der Waals surface area contributed by atoms with Gasteiger partial charge >= 0.3 is 0 Å². The van der Waals surface area contributed by atoms with Crippen molar-refractivity contribution >= 4 is 27.3 Å². The SMILES string of the molecule is CCCCCCc1cc(C(C)(C)Br)sc1C(C)C. The fourth-order valence-corrected chi connectivity index (χ4v) is 3.73. The van der Waals surface area contributed by atoms with Crippen LogP contribution in [0.1, 0.15) is 81.5 Å². The highest BCUT2D eigenvalue weighted by molar-refractivity contribution is 9.09. The van der Waals surface area contributed by atoms with Crippen LogP contribution in [0.4, 0.5) is 0 Å². The van der Waals surface area contributed by atoms with Crippen LogP contribution in [0.3, 0.4) is 0 Å². The molecule has 0 aromatic carbocycles. The summed E-state index contributed by atoms with van der Waals surface area (Å²) in [6.07, 6.45) is 6.66. The summed E-state index contributed by atoms with van der Waals surface area (Å²) in [6, 6.07) is 2.43. The van der Waals surface area contributed by atoms with Crippen LogP contribution in [0.25, 0.3) is 0 Å². The van der Waals surface area contributed by atoms with Gasteiger partial charge in [-0.25, -0.2) is 0 Å². The molecule has 0 spiro atoms. The summed E-state index contributed by atoms with van der Waals surface area (Å²) in [5.74, 6) is 0.653. The second-order valence-corrected chi connectivity index (χ2v) is 9.00. The van der Waals surface area contributed by atoms with Gasteiger partial charge in [-0.05, 0) is 44.2 Å². The first-order valence-corrected chi connectivity index (χ1v) is 8.79. The zero-order chi connectivity index (χ0) is 13.8. The van der Waals surface area contributed by atoms with E-state index in [0.717, 1.165) is 0 Å². The molecule has 0 fully saturated rings. The molecule has 0 saturated heterocycles. The Morgan fingerprint density at radius 2 is 1.89 bits per heavy atom. The summed E-state index contributed by atoms with van der Waals surface area (Å²) in [4.78, 5) is 3.06. The van der Waals surface area contributed by atoms with Crippen molar-refractivity contribution in [1.82, 2.24) is 0 Å². The first kappa shape index (κ1) is 16.2. The van der Waals surface area contributed by atoms with E-state index in [1.807, 2.05) is 11.3 Å². The zero-order valence-electron chi connectivity index (χ0n) is 12.5. The first-order chi connectivity index (χ1) is 8.36. The Labute approximate surface area is 125 Å². The number of aryl methyl sites for hydroxylation is 1. The van der Waals surface area contributed by atoms with Gasteiger partial charge in [0.15, 0.2) is 0 Å². The highest BCUT2D eigenvalue weighted by Crippen LogP contribution is 2.40. The van der Waals surface area contributed by atoms with E-state index < -0.39 is 0 Å². The molecule has 0 saturated carbocycles. The van der Waals surface area contributed by atoms with Gasteiger partial charge in [-0.3, -0.25) is 0 Å². The molecule has 2 heteroatoms. The molecule has 0 amide bonds. The second kappa shape index (κ2) is 7.09. The maximum Gasteiger partial charge on any atom is 0.0543 e. The van der Waals surface area contributed by atoms with Crippen LogP contribution >= 0.6 is 27.3 Å². The van der Waals surface area contributed by atoms with Gasteiger partial charge in [0.25, 0.3) is 0 Å². The average molecular weight is 331 g/mol. The van der Waals surface area contributed by atoms with Crippen LogP contribution < -0.4 is 0 Å². The molecule has 18 heavy (non-hydrogen) atoms. The average Bonchev–Trinajstić information content (AvgIpc) is 2.68. The van der Waals surface area contributed by atoms with Crippen LogP contribution in [-0.2, 0) is 10.7 Å². The van der Waals surface area contributed by atoms with Crippen molar-refractivity contribution in [3.8, 4) is 0 Å². The van der Waals surface area contributed by atoms with Gasteiger partial charge in [-0.15, -0.1) is 11.3 Å². The number of alkyl halides is 1. The molecule has 0 aliphatic carbocycles. The van der Waals surface area contributed by atoms with Gasteiger partial charge < -0.3 is 0 Å². The molecule has 0 atom stereocenters. The van der Waals surface area contributed by atoms with Gasteiger partial charge in [0, 0.05) is 9.75 Å². The summed E-state index contributed by atoms with van der Waals surface area (Å²) in [5, 5.41) is 0. The van der Waals surface area contributed by atoms with Crippen molar-refractivity contribution in [1.29, 1.82) is 0 Å². The van der Waals surface area contributed by atoms with Crippen molar-refractivity contribution in [2.24, 2.45) is 0 Å². The lowest BCUT2D eigenvalue weighted by molar-refractivity contribution is 0.663. The summed E-state index contributed by atoms with van der Waals surface area (Å²) in [5.41, 5.74) is 1.59. The maximum atomic E-state index is 3.79. The number of hydrogen-bond acceptors (Lipinski definition) is 1. The molecular weight excluding hydrogens is 304 g/mol. The first-order valence-electron chi connectivity index (χ1n) is 7.18. The van der Waals surface area contributed by atoms with Gasteiger partial charge in [0.2, 0.25) is 0 Å². The Morgan fingerprint density at radius 3 is 2.39 bits per heavy atom. The highest BCUT2D eigenvalue weighted by atomic mass is 79.9. The normalized spacial score (nSPS) is 12.4. The minimum atomic E-state index is 0.114. The van der Waals surface area contributed by atoms with Crippen molar-refractivity contribution < 1.29 is 0 Å². The summed E-state index contributed by atoms with van der Waals surface area (Å²) in [6.45, 7) is 11.4. The molecule has 0 aliphatic heterocycles. The number of rotatable bonds is 7. The van der Waals surface area contributed by atoms with Crippen LogP contribution in [0.15, 0.2) is 6.07 Å². The van der Waals surface area contributed by atoms with Crippen molar-refractivity contribution in [3.63, 3.8) is 0 Å². The summed E-state index contributed by atoms with van der Waals surface area (Å²) in [7, 11) is 0. The maximum absolute atomic E-state index is 3.79. The van der Waals surface area contributed by atoms with Crippen LogP contribution in [-0.4, -0.2) is 0 Å². The fraction of sp³-hybridized carbons (Fsp3) is 0.750. The lowest BCUT2D eigenvalue weighted by Gasteiger charge is -2.12. The number of thiophene rings is 1. The highest BCUT2D eigenvalue weighted by Gasteiger charge is 2.22. The third-order valence-electron chi connectivity index (χ3n) is 3.25. The Kier molecular flexibility index (Phi) is 6.40. The predicted octanol–water partition coefficient (Wildman–Crippen LogP) is 6.62. The predicted molar refractivity (Wildman–Crippen MR) is 88.2 cm³/mol. The Balaban J connectivity index is 2.78. The number of halogens is 1. The quantitative estimate of drug-likeness (QED) is 0.389. The third-order valence-corrected chi connectivity index (χ3v) is 5.74. The molecule has 0 radical (unpaired) electrons. The fourth-order valence-electron chi connectivity index (χ4n) is 2.16. The minimum Gasteiger partial charge on any atom is -0.143 e. The minimum absolute atomic E-state index is 0.114. The van der Waals surface area contributed by atoms with E-state index in [1.165, 1.54) is 37.0 Å². The lowest BCUT2D eigenvalue weighted by Crippen LogP contribution is -2.02. The molecule has 104 valence electrons. The third kappa shape index (κ3) is 4.70. The molecule has 1 rings (SSSR count). The van der Waals surface area contributed by atoms with E-state index >= 15 is 0 Å².